The van der Waals surface area contributed by atoms with Crippen LogP contribution >= 0.6 is 11.3 Å². The number of carbonyl (C=O) groups excluding carboxylic acids is 1. The highest BCUT2D eigenvalue weighted by atomic mass is 32.1. The van der Waals surface area contributed by atoms with Crippen LogP contribution in [0.5, 0.6) is 0 Å². The molecular formula is C17H15N3O2S. The maximum absolute atomic E-state index is 11.8. The zero-order chi connectivity index (χ0) is 16.2. The van der Waals surface area contributed by atoms with Gasteiger partial charge in [-0.05, 0) is 43.0 Å². The average Bonchev–Trinajstić information content (AvgIpc) is 3.17. The number of anilines is 1. The Morgan fingerprint density at radius 3 is 2.87 bits per heavy atom. The van der Waals surface area contributed by atoms with Crippen molar-refractivity contribution in [2.24, 2.45) is 0 Å². The molecule has 0 aliphatic rings. The lowest BCUT2D eigenvalue weighted by molar-refractivity contribution is -0.112. The maximum Gasteiger partial charge on any atom is 0.322 e. The number of rotatable bonds is 4. The van der Waals surface area contributed by atoms with Crippen LogP contribution in [0, 0.1) is 13.8 Å². The van der Waals surface area contributed by atoms with E-state index >= 15 is 0 Å². The van der Waals surface area contributed by atoms with Gasteiger partial charge in [0, 0.05) is 16.5 Å². The Morgan fingerprint density at radius 1 is 1.26 bits per heavy atom. The summed E-state index contributed by atoms with van der Waals surface area (Å²) in [5.41, 5.74) is 3.07. The molecule has 0 spiro atoms. The number of thiophene rings is 1. The summed E-state index contributed by atoms with van der Waals surface area (Å²) < 4.78 is 5.51. The molecule has 23 heavy (non-hydrogen) atoms. The van der Waals surface area contributed by atoms with Crippen molar-refractivity contribution in [2.45, 2.75) is 13.8 Å². The van der Waals surface area contributed by atoms with Crippen LogP contribution in [0.25, 0.3) is 17.5 Å². The summed E-state index contributed by atoms with van der Waals surface area (Å²) in [5, 5.41) is 12.4. The molecule has 0 bridgehead atoms. The number of aryl methyl sites for hydroxylation is 2. The molecule has 2 aromatic heterocycles. The van der Waals surface area contributed by atoms with Crippen LogP contribution in [0.2, 0.25) is 0 Å². The standard InChI is InChI=1S/C17H15N3O2S/c1-11-5-7-14(12(2)10-11)16-19-20-17(22-16)18-15(21)8-6-13-4-3-9-23-13/h3-10H,1-2H3,(H,18,20,21)/b8-6+. The van der Waals surface area contributed by atoms with E-state index in [0.717, 1.165) is 21.6 Å². The maximum atomic E-state index is 11.8. The Bertz CT molecular complexity index is 851. The van der Waals surface area contributed by atoms with Crippen LogP contribution in [0.15, 0.2) is 46.2 Å². The van der Waals surface area contributed by atoms with E-state index in [9.17, 15) is 4.79 Å². The van der Waals surface area contributed by atoms with Gasteiger partial charge in [0.25, 0.3) is 5.91 Å². The van der Waals surface area contributed by atoms with Gasteiger partial charge >= 0.3 is 6.01 Å². The summed E-state index contributed by atoms with van der Waals surface area (Å²) in [5.74, 6) is 0.0780. The summed E-state index contributed by atoms with van der Waals surface area (Å²) >= 11 is 1.56. The van der Waals surface area contributed by atoms with Gasteiger partial charge in [-0.1, -0.05) is 28.9 Å². The molecule has 0 aliphatic heterocycles. The Morgan fingerprint density at radius 2 is 2.13 bits per heavy atom. The Hall–Kier alpha value is -2.73. The largest absolute Gasteiger partial charge is 0.403 e. The van der Waals surface area contributed by atoms with Gasteiger partial charge in [0.1, 0.15) is 0 Å². The average molecular weight is 325 g/mol. The monoisotopic (exact) mass is 325 g/mol. The first-order valence-corrected chi connectivity index (χ1v) is 7.93. The lowest BCUT2D eigenvalue weighted by Gasteiger charge is -2.01. The van der Waals surface area contributed by atoms with Crippen LogP contribution in [0.3, 0.4) is 0 Å². The van der Waals surface area contributed by atoms with Crippen molar-refractivity contribution in [3.05, 3.63) is 57.8 Å². The molecule has 0 unspecified atom stereocenters. The van der Waals surface area contributed by atoms with Gasteiger partial charge in [0.15, 0.2) is 0 Å². The van der Waals surface area contributed by atoms with E-state index in [1.165, 1.54) is 6.08 Å². The van der Waals surface area contributed by atoms with Crippen molar-refractivity contribution in [3.63, 3.8) is 0 Å². The van der Waals surface area contributed by atoms with Crippen molar-refractivity contribution < 1.29 is 9.21 Å². The molecule has 2 heterocycles. The lowest BCUT2D eigenvalue weighted by atomic mass is 10.1. The van der Waals surface area contributed by atoms with Gasteiger partial charge in [-0.3, -0.25) is 10.1 Å². The molecule has 1 amide bonds. The summed E-state index contributed by atoms with van der Waals surface area (Å²) in [6.07, 6.45) is 3.17. The number of aromatic nitrogens is 2. The molecule has 3 aromatic rings. The highest BCUT2D eigenvalue weighted by molar-refractivity contribution is 7.10. The molecule has 0 aliphatic carbocycles. The third-order valence-corrected chi connectivity index (χ3v) is 4.05. The number of nitrogens with zero attached hydrogens (tertiary/aromatic N) is 2. The van der Waals surface area contributed by atoms with Gasteiger partial charge in [-0.2, -0.15) is 0 Å². The predicted molar refractivity (Wildman–Crippen MR) is 91.2 cm³/mol. The number of hydrogen-bond acceptors (Lipinski definition) is 5. The number of hydrogen-bond donors (Lipinski definition) is 1. The SMILES string of the molecule is Cc1ccc(-c2nnc(NC(=O)/C=C/c3cccs3)o2)c(C)c1. The Labute approximate surface area is 137 Å². The van der Waals surface area contributed by atoms with Gasteiger partial charge in [0.2, 0.25) is 5.89 Å². The normalized spacial score (nSPS) is 11.0. The molecule has 0 radical (unpaired) electrons. The van der Waals surface area contributed by atoms with E-state index in [4.69, 9.17) is 4.42 Å². The molecule has 0 atom stereocenters. The number of nitrogens with one attached hydrogen (secondary N) is 1. The smallest absolute Gasteiger partial charge is 0.322 e. The van der Waals surface area contributed by atoms with Crippen LogP contribution in [0.4, 0.5) is 6.01 Å². The zero-order valence-electron chi connectivity index (χ0n) is 12.7. The van der Waals surface area contributed by atoms with E-state index in [0.29, 0.717) is 5.89 Å². The molecule has 116 valence electrons. The van der Waals surface area contributed by atoms with Gasteiger partial charge < -0.3 is 4.42 Å². The minimum absolute atomic E-state index is 0.0841. The van der Waals surface area contributed by atoms with Crippen molar-refractivity contribution in [3.8, 4) is 11.5 Å². The molecule has 1 aromatic carbocycles. The number of carbonyl (C=O) groups is 1. The van der Waals surface area contributed by atoms with Crippen LogP contribution in [0.1, 0.15) is 16.0 Å². The van der Waals surface area contributed by atoms with Crippen LogP contribution in [-0.2, 0) is 4.79 Å². The van der Waals surface area contributed by atoms with Gasteiger partial charge in [0.05, 0.1) is 0 Å². The Balaban J connectivity index is 1.71. The summed E-state index contributed by atoms with van der Waals surface area (Å²) in [7, 11) is 0. The molecule has 0 fully saturated rings. The third kappa shape index (κ3) is 3.73. The zero-order valence-corrected chi connectivity index (χ0v) is 13.6. The van der Waals surface area contributed by atoms with Crippen molar-refractivity contribution >= 4 is 29.3 Å². The minimum atomic E-state index is -0.311. The predicted octanol–water partition coefficient (Wildman–Crippen LogP) is 4.07. The lowest BCUT2D eigenvalue weighted by Crippen LogP contribution is -2.07. The van der Waals surface area contributed by atoms with E-state index in [-0.39, 0.29) is 11.9 Å². The highest BCUT2D eigenvalue weighted by Gasteiger charge is 2.12. The second kappa shape index (κ2) is 6.58. The second-order valence-electron chi connectivity index (χ2n) is 5.07. The summed E-state index contributed by atoms with van der Waals surface area (Å²) in [6.45, 7) is 4.00. The summed E-state index contributed by atoms with van der Waals surface area (Å²) in [6, 6.07) is 9.90. The van der Waals surface area contributed by atoms with Crippen molar-refractivity contribution in [2.75, 3.05) is 5.32 Å². The molecule has 0 saturated carbocycles. The second-order valence-corrected chi connectivity index (χ2v) is 6.05. The fourth-order valence-corrected chi connectivity index (χ4v) is 2.75. The molecule has 0 saturated heterocycles. The first-order valence-electron chi connectivity index (χ1n) is 7.05. The first-order chi connectivity index (χ1) is 11.1. The number of benzene rings is 1. The van der Waals surface area contributed by atoms with Crippen molar-refractivity contribution in [1.29, 1.82) is 0 Å². The van der Waals surface area contributed by atoms with E-state index in [1.54, 1.807) is 17.4 Å². The summed E-state index contributed by atoms with van der Waals surface area (Å²) in [4.78, 5) is 12.8. The van der Waals surface area contributed by atoms with Gasteiger partial charge in [-0.25, -0.2) is 0 Å². The van der Waals surface area contributed by atoms with Crippen LogP contribution < -0.4 is 5.32 Å². The molecule has 6 heteroatoms. The molecular weight excluding hydrogens is 310 g/mol. The molecule has 5 nitrogen and oxygen atoms in total. The Kier molecular flexibility index (Phi) is 4.34. The van der Waals surface area contributed by atoms with E-state index in [1.807, 2.05) is 49.6 Å². The number of amides is 1. The molecule has 3 rings (SSSR count). The topological polar surface area (TPSA) is 68.0 Å². The van der Waals surface area contributed by atoms with E-state index < -0.39 is 0 Å². The van der Waals surface area contributed by atoms with E-state index in [2.05, 4.69) is 15.5 Å². The minimum Gasteiger partial charge on any atom is -0.403 e. The van der Waals surface area contributed by atoms with Gasteiger partial charge in [-0.15, -0.1) is 16.4 Å². The highest BCUT2D eigenvalue weighted by Crippen LogP contribution is 2.24. The quantitative estimate of drug-likeness (QED) is 0.734. The third-order valence-electron chi connectivity index (χ3n) is 3.21. The molecule has 1 N–H and O–H groups in total. The van der Waals surface area contributed by atoms with Crippen LogP contribution in [-0.4, -0.2) is 16.1 Å². The van der Waals surface area contributed by atoms with Crippen molar-refractivity contribution in [1.82, 2.24) is 10.2 Å². The first kappa shape index (κ1) is 15.2. The fourth-order valence-electron chi connectivity index (χ4n) is 2.13. The fraction of sp³-hybridized carbons (Fsp3) is 0.118.